The predicted molar refractivity (Wildman–Crippen MR) is 105 cm³/mol. The Balaban J connectivity index is 1.74. The van der Waals surface area contributed by atoms with Gasteiger partial charge in [-0.2, -0.15) is 0 Å². The molecule has 1 fully saturated rings. The lowest BCUT2D eigenvalue weighted by Gasteiger charge is -2.39. The van der Waals surface area contributed by atoms with Crippen molar-refractivity contribution in [2.24, 2.45) is 0 Å². The van der Waals surface area contributed by atoms with Crippen molar-refractivity contribution < 1.29 is 9.72 Å². The number of piperazine rings is 1. The molecule has 0 saturated carbocycles. The quantitative estimate of drug-likeness (QED) is 0.628. The van der Waals surface area contributed by atoms with Crippen molar-refractivity contribution in [1.29, 1.82) is 0 Å². The molecule has 1 aliphatic heterocycles. The van der Waals surface area contributed by atoms with Crippen molar-refractivity contribution in [3.63, 3.8) is 0 Å². The molecule has 142 valence electrons. The van der Waals surface area contributed by atoms with E-state index in [-0.39, 0.29) is 34.9 Å². The van der Waals surface area contributed by atoms with Gasteiger partial charge in [0.25, 0.3) is 5.69 Å². The summed E-state index contributed by atoms with van der Waals surface area (Å²) in [5.74, 6) is -0.286. The standard InChI is InChI=1S/C19H21ClN4O3/c1-22-9-10-23(18(12-22)14-5-3-2-4-6-14)13-19(25)21-16-8-7-15(20)11-17(16)24(26)27/h2-8,11,18H,9-10,12-13H2,1H3,(H,21,25). The Morgan fingerprint density at radius 2 is 2.00 bits per heavy atom. The van der Waals surface area contributed by atoms with Gasteiger partial charge < -0.3 is 10.2 Å². The van der Waals surface area contributed by atoms with Crippen LogP contribution < -0.4 is 5.32 Å². The summed E-state index contributed by atoms with van der Waals surface area (Å²) >= 11 is 5.82. The maximum absolute atomic E-state index is 12.6. The molecule has 3 rings (SSSR count). The third kappa shape index (κ3) is 4.82. The SMILES string of the molecule is CN1CCN(CC(=O)Nc2ccc(Cl)cc2[N+](=O)[O-])C(c2ccccc2)C1. The first-order valence-corrected chi connectivity index (χ1v) is 9.03. The molecule has 0 aliphatic carbocycles. The van der Waals surface area contributed by atoms with Crippen molar-refractivity contribution >= 4 is 28.9 Å². The minimum atomic E-state index is -0.551. The van der Waals surface area contributed by atoms with E-state index < -0.39 is 4.92 Å². The van der Waals surface area contributed by atoms with Gasteiger partial charge in [0.1, 0.15) is 5.69 Å². The Kier molecular flexibility index (Phi) is 6.05. The van der Waals surface area contributed by atoms with E-state index >= 15 is 0 Å². The highest BCUT2D eigenvalue weighted by Gasteiger charge is 2.28. The lowest BCUT2D eigenvalue weighted by atomic mass is 10.0. The van der Waals surface area contributed by atoms with Crippen molar-refractivity contribution in [3.8, 4) is 0 Å². The summed E-state index contributed by atoms with van der Waals surface area (Å²) in [7, 11) is 2.06. The molecule has 1 unspecified atom stereocenters. The first kappa shape index (κ1) is 19.3. The van der Waals surface area contributed by atoms with Crippen molar-refractivity contribution in [2.45, 2.75) is 6.04 Å². The van der Waals surface area contributed by atoms with Gasteiger partial charge in [-0.05, 0) is 24.7 Å². The van der Waals surface area contributed by atoms with E-state index in [2.05, 4.69) is 34.3 Å². The van der Waals surface area contributed by atoms with Crippen LogP contribution >= 0.6 is 11.6 Å². The summed E-state index contributed by atoms with van der Waals surface area (Å²) in [6, 6.07) is 14.3. The van der Waals surface area contributed by atoms with E-state index in [1.54, 1.807) is 0 Å². The fourth-order valence-corrected chi connectivity index (χ4v) is 3.44. The number of hydrogen-bond donors (Lipinski definition) is 1. The summed E-state index contributed by atoms with van der Waals surface area (Å²) < 4.78 is 0. The fraction of sp³-hybridized carbons (Fsp3) is 0.316. The first-order chi connectivity index (χ1) is 12.9. The number of benzene rings is 2. The molecule has 8 heteroatoms. The minimum Gasteiger partial charge on any atom is -0.319 e. The molecule has 7 nitrogen and oxygen atoms in total. The van der Waals surface area contributed by atoms with Gasteiger partial charge in [-0.15, -0.1) is 0 Å². The third-order valence-corrected chi connectivity index (χ3v) is 4.89. The second-order valence-corrected chi connectivity index (χ2v) is 7.06. The zero-order valence-corrected chi connectivity index (χ0v) is 15.7. The van der Waals surface area contributed by atoms with Crippen LogP contribution in [-0.2, 0) is 4.79 Å². The zero-order valence-electron chi connectivity index (χ0n) is 15.0. The summed E-state index contributed by atoms with van der Waals surface area (Å²) in [6.07, 6.45) is 0. The average molecular weight is 389 g/mol. The summed E-state index contributed by atoms with van der Waals surface area (Å²) in [4.78, 5) is 27.6. The number of rotatable bonds is 5. The van der Waals surface area contributed by atoms with Crippen molar-refractivity contribution in [1.82, 2.24) is 9.80 Å². The summed E-state index contributed by atoms with van der Waals surface area (Å²) in [6.45, 7) is 2.58. The topological polar surface area (TPSA) is 78.7 Å². The molecule has 1 saturated heterocycles. The predicted octanol–water partition coefficient (Wildman–Crippen LogP) is 3.18. The highest BCUT2D eigenvalue weighted by atomic mass is 35.5. The van der Waals surface area contributed by atoms with Crippen LogP contribution in [0.25, 0.3) is 0 Å². The van der Waals surface area contributed by atoms with Crippen molar-refractivity contribution in [2.75, 3.05) is 38.5 Å². The van der Waals surface area contributed by atoms with Crippen LogP contribution in [0, 0.1) is 10.1 Å². The lowest BCUT2D eigenvalue weighted by Crippen LogP contribution is -2.49. The van der Waals surface area contributed by atoms with E-state index in [1.165, 1.54) is 18.2 Å². The van der Waals surface area contributed by atoms with E-state index in [4.69, 9.17) is 11.6 Å². The molecule has 1 atom stereocenters. The molecule has 0 aromatic heterocycles. The number of anilines is 1. The van der Waals surface area contributed by atoms with Gasteiger partial charge in [-0.3, -0.25) is 19.8 Å². The second-order valence-electron chi connectivity index (χ2n) is 6.63. The number of halogens is 1. The highest BCUT2D eigenvalue weighted by Crippen LogP contribution is 2.28. The molecule has 1 aliphatic rings. The van der Waals surface area contributed by atoms with Crippen LogP contribution in [-0.4, -0.2) is 53.9 Å². The number of nitrogens with one attached hydrogen (secondary N) is 1. The fourth-order valence-electron chi connectivity index (χ4n) is 3.27. The molecule has 0 bridgehead atoms. The van der Waals surface area contributed by atoms with Gasteiger partial charge in [0.15, 0.2) is 0 Å². The maximum Gasteiger partial charge on any atom is 0.294 e. The maximum atomic E-state index is 12.6. The van der Waals surface area contributed by atoms with Gasteiger partial charge in [-0.1, -0.05) is 41.9 Å². The molecule has 27 heavy (non-hydrogen) atoms. The van der Waals surface area contributed by atoms with E-state index in [1.807, 2.05) is 18.2 Å². The molecule has 2 aromatic carbocycles. The minimum absolute atomic E-state index is 0.0934. The van der Waals surface area contributed by atoms with Gasteiger partial charge in [0.2, 0.25) is 5.91 Å². The molecule has 1 N–H and O–H groups in total. The first-order valence-electron chi connectivity index (χ1n) is 8.65. The van der Waals surface area contributed by atoms with Crippen LogP contribution in [0.4, 0.5) is 11.4 Å². The number of carbonyl (C=O) groups excluding carboxylic acids is 1. The molecular weight excluding hydrogens is 368 g/mol. The van der Waals surface area contributed by atoms with Crippen molar-refractivity contribution in [3.05, 3.63) is 69.2 Å². The number of carbonyl (C=O) groups is 1. The zero-order chi connectivity index (χ0) is 19.4. The van der Waals surface area contributed by atoms with E-state index in [9.17, 15) is 14.9 Å². The van der Waals surface area contributed by atoms with E-state index in [0.29, 0.717) is 0 Å². The number of nitro groups is 1. The Bertz CT molecular complexity index is 831. The largest absolute Gasteiger partial charge is 0.319 e. The van der Waals surface area contributed by atoms with Crippen LogP contribution in [0.1, 0.15) is 11.6 Å². The monoisotopic (exact) mass is 388 g/mol. The van der Waals surface area contributed by atoms with Crippen LogP contribution in [0.5, 0.6) is 0 Å². The molecule has 1 heterocycles. The highest BCUT2D eigenvalue weighted by molar-refractivity contribution is 6.31. The molecule has 1 amide bonds. The summed E-state index contributed by atoms with van der Waals surface area (Å²) in [5, 5.41) is 14.1. The van der Waals surface area contributed by atoms with Crippen LogP contribution in [0.3, 0.4) is 0 Å². The molecule has 2 aromatic rings. The average Bonchev–Trinajstić information content (AvgIpc) is 2.65. The van der Waals surface area contributed by atoms with Gasteiger partial charge in [0.05, 0.1) is 11.5 Å². The van der Waals surface area contributed by atoms with Gasteiger partial charge in [0, 0.05) is 36.8 Å². The Morgan fingerprint density at radius 1 is 1.26 bits per heavy atom. The molecule has 0 spiro atoms. The second kappa shape index (κ2) is 8.47. The normalized spacial score (nSPS) is 18.2. The van der Waals surface area contributed by atoms with Crippen LogP contribution in [0.15, 0.2) is 48.5 Å². The number of hydrogen-bond acceptors (Lipinski definition) is 5. The smallest absolute Gasteiger partial charge is 0.294 e. The third-order valence-electron chi connectivity index (χ3n) is 4.66. The Labute approximate surface area is 162 Å². The number of nitro benzene ring substituents is 1. The van der Waals surface area contributed by atoms with Gasteiger partial charge >= 0.3 is 0 Å². The molecule has 0 radical (unpaired) electrons. The Hall–Kier alpha value is -2.48. The number of amides is 1. The number of likely N-dealkylation sites (N-methyl/N-ethyl adjacent to an activating group) is 1. The Morgan fingerprint density at radius 3 is 2.70 bits per heavy atom. The van der Waals surface area contributed by atoms with Gasteiger partial charge in [-0.25, -0.2) is 0 Å². The summed E-state index contributed by atoms with van der Waals surface area (Å²) in [5.41, 5.74) is 1.09. The van der Waals surface area contributed by atoms with Crippen LogP contribution in [0.2, 0.25) is 5.02 Å². The van der Waals surface area contributed by atoms with E-state index in [0.717, 1.165) is 25.2 Å². The number of nitrogens with zero attached hydrogens (tertiary/aromatic N) is 3. The molecular formula is C19H21ClN4O3. The lowest BCUT2D eigenvalue weighted by molar-refractivity contribution is -0.383.